The first-order valence-electron chi connectivity index (χ1n) is 7.35. The molecule has 0 fully saturated rings. The molecule has 0 aliphatic heterocycles. The smallest absolute Gasteiger partial charge is 0.241 e. The van der Waals surface area contributed by atoms with Crippen LogP contribution in [0.15, 0.2) is 41.2 Å². The molecule has 0 saturated carbocycles. The summed E-state index contributed by atoms with van der Waals surface area (Å²) in [5, 5.41) is 8.84. The van der Waals surface area contributed by atoms with Crippen LogP contribution in [0.25, 0.3) is 11.4 Å². The van der Waals surface area contributed by atoms with E-state index in [4.69, 9.17) is 16.1 Å². The van der Waals surface area contributed by atoms with Gasteiger partial charge in [0.25, 0.3) is 0 Å². The lowest BCUT2D eigenvalue weighted by molar-refractivity contribution is 0.269. The Labute approximate surface area is 139 Å². The average Bonchev–Trinajstić information content (AvgIpc) is 3.14. The van der Waals surface area contributed by atoms with Crippen LogP contribution in [-0.4, -0.2) is 38.4 Å². The second-order valence-electron chi connectivity index (χ2n) is 5.53. The number of hydrogen-bond donors (Lipinski definition) is 0. The highest BCUT2D eigenvalue weighted by molar-refractivity contribution is 6.30. The molecule has 120 valence electrons. The highest BCUT2D eigenvalue weighted by atomic mass is 35.5. The lowest BCUT2D eigenvalue weighted by atomic mass is 10.2. The maximum atomic E-state index is 5.99. The van der Waals surface area contributed by atoms with Crippen LogP contribution in [-0.2, 0) is 20.0 Å². The predicted octanol–water partition coefficient (Wildman–Crippen LogP) is 2.80. The minimum atomic E-state index is 0.558. The Morgan fingerprint density at radius 1 is 1.35 bits per heavy atom. The van der Waals surface area contributed by atoms with Gasteiger partial charge in [0.2, 0.25) is 11.7 Å². The largest absolute Gasteiger partial charge is 0.338 e. The molecule has 0 N–H and O–H groups in total. The zero-order valence-corrected chi connectivity index (χ0v) is 13.9. The van der Waals surface area contributed by atoms with Crippen LogP contribution in [0.1, 0.15) is 11.5 Å². The van der Waals surface area contributed by atoms with Gasteiger partial charge >= 0.3 is 0 Å². The van der Waals surface area contributed by atoms with Gasteiger partial charge in [-0.15, -0.1) is 0 Å². The summed E-state index contributed by atoms with van der Waals surface area (Å²) >= 11 is 5.99. The number of hydrogen-bond acceptors (Lipinski definition) is 5. The maximum Gasteiger partial charge on any atom is 0.241 e. The number of halogens is 1. The van der Waals surface area contributed by atoms with Gasteiger partial charge in [-0.25, -0.2) is 0 Å². The normalized spacial score (nSPS) is 11.3. The summed E-state index contributed by atoms with van der Waals surface area (Å²) in [6.45, 7) is 1.49. The maximum absolute atomic E-state index is 5.99. The van der Waals surface area contributed by atoms with E-state index in [1.807, 2.05) is 55.4 Å². The Kier molecular flexibility index (Phi) is 4.73. The van der Waals surface area contributed by atoms with Crippen LogP contribution in [0.5, 0.6) is 0 Å². The number of nitrogens with zero attached hydrogens (tertiary/aromatic N) is 5. The molecule has 0 unspecified atom stereocenters. The first-order chi connectivity index (χ1) is 11.1. The van der Waals surface area contributed by atoms with Crippen molar-refractivity contribution in [2.45, 2.75) is 13.0 Å². The van der Waals surface area contributed by atoms with Crippen molar-refractivity contribution in [1.82, 2.24) is 24.8 Å². The third-order valence-electron chi connectivity index (χ3n) is 3.50. The fourth-order valence-corrected chi connectivity index (χ4v) is 2.49. The molecule has 1 aromatic carbocycles. The summed E-state index contributed by atoms with van der Waals surface area (Å²) in [6, 6.07) is 7.42. The average molecular weight is 332 g/mol. The molecular weight excluding hydrogens is 314 g/mol. The van der Waals surface area contributed by atoms with Crippen molar-refractivity contribution in [2.75, 3.05) is 13.6 Å². The van der Waals surface area contributed by atoms with E-state index < -0.39 is 0 Å². The molecule has 7 heteroatoms. The van der Waals surface area contributed by atoms with Gasteiger partial charge in [-0.3, -0.25) is 9.58 Å². The Morgan fingerprint density at radius 3 is 2.96 bits per heavy atom. The molecule has 0 aliphatic rings. The molecule has 0 radical (unpaired) electrons. The lowest BCUT2D eigenvalue weighted by Gasteiger charge is -2.12. The van der Waals surface area contributed by atoms with Crippen LogP contribution >= 0.6 is 11.6 Å². The minimum absolute atomic E-state index is 0.558. The van der Waals surface area contributed by atoms with Crippen molar-refractivity contribution in [2.24, 2.45) is 7.05 Å². The molecule has 3 aromatic rings. The van der Waals surface area contributed by atoms with Crippen molar-refractivity contribution in [3.63, 3.8) is 0 Å². The molecule has 0 saturated heterocycles. The Balaban J connectivity index is 1.58. The Morgan fingerprint density at radius 2 is 2.22 bits per heavy atom. The molecule has 3 rings (SSSR count). The molecule has 6 nitrogen and oxygen atoms in total. The fraction of sp³-hybridized carbons (Fsp3) is 0.312. The molecule has 2 heterocycles. The first-order valence-corrected chi connectivity index (χ1v) is 7.72. The molecule has 2 aromatic heterocycles. The van der Waals surface area contributed by atoms with Crippen molar-refractivity contribution in [1.29, 1.82) is 0 Å². The topological polar surface area (TPSA) is 60.0 Å². The molecule has 0 atom stereocenters. The monoisotopic (exact) mass is 331 g/mol. The van der Waals surface area contributed by atoms with Crippen LogP contribution in [0.2, 0.25) is 5.02 Å². The third-order valence-corrected chi connectivity index (χ3v) is 3.73. The Bertz CT molecular complexity index is 782. The highest BCUT2D eigenvalue weighted by Crippen LogP contribution is 2.20. The van der Waals surface area contributed by atoms with Crippen LogP contribution in [0.4, 0.5) is 0 Å². The van der Waals surface area contributed by atoms with Gasteiger partial charge in [-0.2, -0.15) is 10.1 Å². The zero-order valence-electron chi connectivity index (χ0n) is 13.1. The lowest BCUT2D eigenvalue weighted by Crippen LogP contribution is -2.20. The summed E-state index contributed by atoms with van der Waals surface area (Å²) in [7, 11) is 3.95. The van der Waals surface area contributed by atoms with E-state index in [1.54, 1.807) is 0 Å². The highest BCUT2D eigenvalue weighted by Gasteiger charge is 2.11. The van der Waals surface area contributed by atoms with Crippen molar-refractivity contribution >= 4 is 11.6 Å². The van der Waals surface area contributed by atoms with E-state index in [0.717, 1.165) is 18.5 Å². The van der Waals surface area contributed by atoms with Crippen LogP contribution < -0.4 is 0 Å². The number of likely N-dealkylation sites (N-methyl/N-ethyl adjacent to an activating group) is 1. The van der Waals surface area contributed by atoms with Gasteiger partial charge in [0.05, 0.1) is 12.7 Å². The summed E-state index contributed by atoms with van der Waals surface area (Å²) in [5.74, 6) is 1.15. The van der Waals surface area contributed by atoms with E-state index >= 15 is 0 Å². The van der Waals surface area contributed by atoms with Crippen LogP contribution in [0.3, 0.4) is 0 Å². The molecule has 0 aliphatic carbocycles. The molecule has 0 amide bonds. The first kappa shape index (κ1) is 15.7. The third kappa shape index (κ3) is 4.18. The van der Waals surface area contributed by atoms with Gasteiger partial charge in [0, 0.05) is 30.4 Å². The summed E-state index contributed by atoms with van der Waals surface area (Å²) < 4.78 is 7.13. The molecule has 23 heavy (non-hydrogen) atoms. The van der Waals surface area contributed by atoms with Gasteiger partial charge in [-0.1, -0.05) is 28.9 Å². The van der Waals surface area contributed by atoms with Crippen molar-refractivity contribution in [3.8, 4) is 11.4 Å². The number of aryl methyl sites for hydroxylation is 1. The Hall–Kier alpha value is -2.18. The van der Waals surface area contributed by atoms with Gasteiger partial charge in [0.15, 0.2) is 0 Å². The van der Waals surface area contributed by atoms with Gasteiger partial charge in [0.1, 0.15) is 0 Å². The standard InChI is InChI=1S/C16H18ClN5O/c1-21(7-6-12-9-18-22(2)10-12)11-15-19-16(20-23-15)13-4-3-5-14(17)8-13/h3-5,8-10H,6-7,11H2,1-2H3. The predicted molar refractivity (Wildman–Crippen MR) is 88.0 cm³/mol. The molecule has 0 spiro atoms. The van der Waals surface area contributed by atoms with E-state index in [1.165, 1.54) is 5.56 Å². The quantitative estimate of drug-likeness (QED) is 0.695. The number of rotatable bonds is 6. The van der Waals surface area contributed by atoms with E-state index in [9.17, 15) is 0 Å². The summed E-state index contributed by atoms with van der Waals surface area (Å²) in [5.41, 5.74) is 2.06. The molecular formula is C16H18ClN5O. The van der Waals surface area contributed by atoms with E-state index in [2.05, 4.69) is 20.1 Å². The zero-order chi connectivity index (χ0) is 16.2. The molecule has 0 bridgehead atoms. The summed E-state index contributed by atoms with van der Waals surface area (Å²) in [4.78, 5) is 6.57. The minimum Gasteiger partial charge on any atom is -0.338 e. The van der Waals surface area contributed by atoms with Crippen LogP contribution in [0, 0.1) is 0 Å². The second-order valence-corrected chi connectivity index (χ2v) is 5.97. The number of aromatic nitrogens is 4. The van der Waals surface area contributed by atoms with Crippen molar-refractivity contribution in [3.05, 3.63) is 53.1 Å². The number of benzene rings is 1. The van der Waals surface area contributed by atoms with Gasteiger partial charge < -0.3 is 4.52 Å². The van der Waals surface area contributed by atoms with E-state index in [-0.39, 0.29) is 0 Å². The second kappa shape index (κ2) is 6.93. The van der Waals surface area contributed by atoms with E-state index in [0.29, 0.717) is 23.3 Å². The van der Waals surface area contributed by atoms with Gasteiger partial charge in [-0.05, 0) is 31.2 Å². The fourth-order valence-electron chi connectivity index (χ4n) is 2.29. The van der Waals surface area contributed by atoms with Crippen molar-refractivity contribution < 1.29 is 4.52 Å². The summed E-state index contributed by atoms with van der Waals surface area (Å²) in [6.07, 6.45) is 4.84. The SMILES string of the molecule is CN(CCc1cnn(C)c1)Cc1nc(-c2cccc(Cl)c2)no1.